The normalized spacial score (nSPS) is 41.6. The number of fused-ring (bicyclic) bond motifs is 2. The van der Waals surface area contributed by atoms with Crippen LogP contribution in [-0.2, 0) is 0 Å². The monoisotopic (exact) mass is 124 g/mol. The van der Waals surface area contributed by atoms with Gasteiger partial charge in [-0.1, -0.05) is 0 Å². The Balaban J connectivity index is 2.14. The summed E-state index contributed by atoms with van der Waals surface area (Å²) in [5, 5.41) is 10.9. The third kappa shape index (κ3) is 0.778. The van der Waals surface area contributed by atoms with E-state index in [4.69, 9.17) is 5.41 Å². The van der Waals surface area contributed by atoms with Crippen molar-refractivity contribution in [2.75, 3.05) is 6.54 Å². The molecule has 0 amide bonds. The van der Waals surface area contributed by atoms with Crippen LogP contribution in [0.4, 0.5) is 0 Å². The van der Waals surface area contributed by atoms with Crippen LogP contribution in [0.5, 0.6) is 0 Å². The van der Waals surface area contributed by atoms with Gasteiger partial charge in [0.05, 0.1) is 0 Å². The van der Waals surface area contributed by atoms with Crippen molar-refractivity contribution in [2.45, 2.75) is 25.3 Å². The Morgan fingerprint density at radius 2 is 2.44 bits per heavy atom. The molecule has 2 aliphatic rings. The van der Waals surface area contributed by atoms with Gasteiger partial charge in [-0.3, -0.25) is 0 Å². The minimum atomic E-state index is 0.462. The van der Waals surface area contributed by atoms with Crippen molar-refractivity contribution >= 4 is 5.71 Å². The highest BCUT2D eigenvalue weighted by Gasteiger charge is 2.31. The van der Waals surface area contributed by atoms with Crippen LogP contribution >= 0.6 is 0 Å². The van der Waals surface area contributed by atoms with Gasteiger partial charge in [-0.2, -0.15) is 0 Å². The van der Waals surface area contributed by atoms with E-state index in [1.54, 1.807) is 0 Å². The molecule has 2 rings (SSSR count). The second kappa shape index (κ2) is 1.81. The fourth-order valence-electron chi connectivity index (χ4n) is 1.83. The molecule has 0 aromatic rings. The van der Waals surface area contributed by atoms with E-state index in [2.05, 4.69) is 5.32 Å². The van der Waals surface area contributed by atoms with Crippen molar-refractivity contribution in [1.82, 2.24) is 5.32 Å². The second-order valence-corrected chi connectivity index (χ2v) is 3.13. The van der Waals surface area contributed by atoms with E-state index in [-0.39, 0.29) is 0 Å². The molecule has 0 radical (unpaired) electrons. The predicted molar refractivity (Wildman–Crippen MR) is 36.9 cm³/mol. The molecule has 0 spiro atoms. The van der Waals surface area contributed by atoms with Crippen molar-refractivity contribution < 1.29 is 0 Å². The fraction of sp³-hybridized carbons (Fsp3) is 0.857. The topological polar surface area (TPSA) is 35.9 Å². The van der Waals surface area contributed by atoms with E-state index in [0.717, 1.165) is 24.6 Å². The molecule has 9 heavy (non-hydrogen) atoms. The predicted octanol–water partition coefficient (Wildman–Crippen LogP) is 0.778. The van der Waals surface area contributed by atoms with Gasteiger partial charge in [0.25, 0.3) is 0 Å². The van der Waals surface area contributed by atoms with Crippen molar-refractivity contribution in [3.05, 3.63) is 0 Å². The van der Waals surface area contributed by atoms with E-state index in [1.165, 1.54) is 12.8 Å². The molecular formula is C7H12N2. The summed E-state index contributed by atoms with van der Waals surface area (Å²) in [5.41, 5.74) is 0.934. The molecule has 2 bridgehead atoms. The first-order valence-corrected chi connectivity index (χ1v) is 3.67. The van der Waals surface area contributed by atoms with Crippen LogP contribution in [0.15, 0.2) is 0 Å². The summed E-state index contributed by atoms with van der Waals surface area (Å²) < 4.78 is 0. The lowest BCUT2D eigenvalue weighted by Crippen LogP contribution is -2.30. The average molecular weight is 124 g/mol. The van der Waals surface area contributed by atoms with Crippen molar-refractivity contribution in [3.8, 4) is 0 Å². The molecule has 2 atom stereocenters. The zero-order valence-corrected chi connectivity index (χ0v) is 5.48. The molecule has 1 saturated heterocycles. The van der Waals surface area contributed by atoms with E-state index < -0.39 is 0 Å². The van der Waals surface area contributed by atoms with Crippen LogP contribution < -0.4 is 5.32 Å². The van der Waals surface area contributed by atoms with Gasteiger partial charge in [0.15, 0.2) is 0 Å². The summed E-state index contributed by atoms with van der Waals surface area (Å²) in [4.78, 5) is 0. The maximum Gasteiger partial charge on any atom is 0.0451 e. The van der Waals surface area contributed by atoms with Crippen molar-refractivity contribution in [2.24, 2.45) is 5.92 Å². The largest absolute Gasteiger partial charge is 0.309 e. The molecular weight excluding hydrogens is 112 g/mol. The molecule has 1 saturated carbocycles. The number of hydrogen-bond donors (Lipinski definition) is 2. The Morgan fingerprint density at radius 3 is 3.22 bits per heavy atom. The molecule has 0 aromatic heterocycles. The van der Waals surface area contributed by atoms with E-state index >= 15 is 0 Å². The van der Waals surface area contributed by atoms with Crippen molar-refractivity contribution in [3.63, 3.8) is 0 Å². The van der Waals surface area contributed by atoms with Crippen LogP contribution in [-0.4, -0.2) is 18.3 Å². The van der Waals surface area contributed by atoms with Crippen LogP contribution in [0.1, 0.15) is 19.3 Å². The first-order valence-electron chi connectivity index (χ1n) is 3.67. The SMILES string of the molecule is N=C1CCC2CNC1C2. The maximum atomic E-state index is 7.51. The number of hydrogen-bond acceptors (Lipinski definition) is 2. The summed E-state index contributed by atoms with van der Waals surface area (Å²) in [6.45, 7) is 1.16. The molecule has 1 heterocycles. The van der Waals surface area contributed by atoms with Gasteiger partial charge in [0, 0.05) is 11.8 Å². The van der Waals surface area contributed by atoms with Gasteiger partial charge in [-0.15, -0.1) is 0 Å². The Morgan fingerprint density at radius 1 is 1.56 bits per heavy atom. The number of nitrogens with one attached hydrogen (secondary N) is 2. The molecule has 2 fully saturated rings. The zero-order valence-electron chi connectivity index (χ0n) is 5.48. The smallest absolute Gasteiger partial charge is 0.0451 e. The molecule has 50 valence electrons. The van der Waals surface area contributed by atoms with Crippen LogP contribution in [0, 0.1) is 11.3 Å². The van der Waals surface area contributed by atoms with Crippen LogP contribution in [0.25, 0.3) is 0 Å². The minimum Gasteiger partial charge on any atom is -0.309 e. The molecule has 2 N–H and O–H groups in total. The lowest BCUT2D eigenvalue weighted by molar-refractivity contribution is 0.518. The van der Waals surface area contributed by atoms with E-state index in [1.807, 2.05) is 0 Å². The molecule has 2 unspecified atom stereocenters. The van der Waals surface area contributed by atoms with Gasteiger partial charge < -0.3 is 10.7 Å². The highest BCUT2D eigenvalue weighted by molar-refractivity contribution is 5.87. The third-order valence-electron chi connectivity index (χ3n) is 2.46. The molecule has 2 nitrogen and oxygen atoms in total. The summed E-state index contributed by atoms with van der Waals surface area (Å²) >= 11 is 0. The summed E-state index contributed by atoms with van der Waals surface area (Å²) in [5.74, 6) is 0.893. The summed E-state index contributed by atoms with van der Waals surface area (Å²) in [7, 11) is 0. The Labute approximate surface area is 55.2 Å². The Hall–Kier alpha value is -0.370. The summed E-state index contributed by atoms with van der Waals surface area (Å²) in [6.07, 6.45) is 3.53. The first-order chi connectivity index (χ1) is 4.36. The summed E-state index contributed by atoms with van der Waals surface area (Å²) in [6, 6.07) is 0.462. The highest BCUT2D eigenvalue weighted by Crippen LogP contribution is 2.26. The number of rotatable bonds is 0. The van der Waals surface area contributed by atoms with E-state index in [9.17, 15) is 0 Å². The van der Waals surface area contributed by atoms with Gasteiger partial charge >= 0.3 is 0 Å². The van der Waals surface area contributed by atoms with Gasteiger partial charge in [-0.05, 0) is 31.7 Å². The van der Waals surface area contributed by atoms with Crippen LogP contribution in [0.2, 0.25) is 0 Å². The molecule has 1 aliphatic carbocycles. The van der Waals surface area contributed by atoms with Gasteiger partial charge in [-0.25, -0.2) is 0 Å². The third-order valence-corrected chi connectivity index (χ3v) is 2.46. The Bertz CT molecular complexity index is 142. The fourth-order valence-corrected chi connectivity index (χ4v) is 1.83. The van der Waals surface area contributed by atoms with Gasteiger partial charge in [0.2, 0.25) is 0 Å². The van der Waals surface area contributed by atoms with Crippen molar-refractivity contribution in [1.29, 1.82) is 5.41 Å². The second-order valence-electron chi connectivity index (χ2n) is 3.13. The van der Waals surface area contributed by atoms with E-state index in [0.29, 0.717) is 6.04 Å². The molecule has 2 heteroatoms. The van der Waals surface area contributed by atoms with Crippen LogP contribution in [0.3, 0.4) is 0 Å². The zero-order chi connectivity index (χ0) is 6.27. The molecule has 0 aromatic carbocycles. The minimum absolute atomic E-state index is 0.462. The molecule has 1 aliphatic heterocycles. The quantitative estimate of drug-likeness (QED) is 0.492. The average Bonchev–Trinajstić information content (AvgIpc) is 2.25. The lowest BCUT2D eigenvalue weighted by Gasteiger charge is -2.17. The maximum absolute atomic E-state index is 7.51. The Kier molecular flexibility index (Phi) is 1.09. The lowest BCUT2D eigenvalue weighted by atomic mass is 9.89. The highest BCUT2D eigenvalue weighted by atomic mass is 15.0. The first kappa shape index (κ1) is 5.42. The van der Waals surface area contributed by atoms with Gasteiger partial charge in [0.1, 0.15) is 0 Å². The standard InChI is InChI=1S/C7H12N2/c8-6-2-1-5-3-7(6)9-4-5/h5,7-9H,1-4H2.